The van der Waals surface area contributed by atoms with E-state index < -0.39 is 0 Å². The number of aryl methyl sites for hydroxylation is 1. The number of thiophene rings is 1. The molecule has 2 saturated heterocycles. The summed E-state index contributed by atoms with van der Waals surface area (Å²) in [5.74, 6) is 0.233. The molecule has 0 unspecified atom stereocenters. The van der Waals surface area contributed by atoms with Gasteiger partial charge in [-0.2, -0.15) is 0 Å². The standard InChI is InChI=1S/C18H20ClN3OS/c1-12-2-3-15(24-12)13-10-20-11-14(19)16(13)22-8-5-18(6-9-22)4-7-21-17(18)23/h2-3,10-11H,4-9H2,1H3,(H,21,23). The maximum absolute atomic E-state index is 12.2. The van der Waals surface area contributed by atoms with E-state index in [1.165, 1.54) is 9.75 Å². The molecule has 24 heavy (non-hydrogen) atoms. The summed E-state index contributed by atoms with van der Waals surface area (Å²) in [6.07, 6.45) is 6.36. The van der Waals surface area contributed by atoms with Crippen LogP contribution in [0.3, 0.4) is 0 Å². The average molecular weight is 362 g/mol. The molecule has 4 nitrogen and oxygen atoms in total. The topological polar surface area (TPSA) is 45.2 Å². The first-order valence-electron chi connectivity index (χ1n) is 8.33. The van der Waals surface area contributed by atoms with E-state index in [1.807, 2.05) is 6.20 Å². The van der Waals surface area contributed by atoms with Crippen molar-refractivity contribution in [3.05, 3.63) is 34.4 Å². The number of anilines is 1. The lowest BCUT2D eigenvalue weighted by Gasteiger charge is -2.39. The molecule has 0 radical (unpaired) electrons. The fraction of sp³-hybridized carbons (Fsp3) is 0.444. The van der Waals surface area contributed by atoms with Gasteiger partial charge in [-0.3, -0.25) is 9.78 Å². The Morgan fingerprint density at radius 2 is 2.04 bits per heavy atom. The van der Waals surface area contributed by atoms with E-state index >= 15 is 0 Å². The Morgan fingerprint density at radius 3 is 2.67 bits per heavy atom. The number of piperidine rings is 1. The number of nitrogens with one attached hydrogen (secondary N) is 1. The third kappa shape index (κ3) is 2.60. The molecule has 126 valence electrons. The monoisotopic (exact) mass is 361 g/mol. The summed E-state index contributed by atoms with van der Waals surface area (Å²) in [4.78, 5) is 21.3. The van der Waals surface area contributed by atoms with Crippen LogP contribution in [0.4, 0.5) is 5.69 Å². The first kappa shape index (κ1) is 15.9. The van der Waals surface area contributed by atoms with Crippen molar-refractivity contribution in [2.24, 2.45) is 5.41 Å². The molecule has 6 heteroatoms. The minimum absolute atomic E-state index is 0.157. The van der Waals surface area contributed by atoms with Crippen molar-refractivity contribution < 1.29 is 4.79 Å². The Morgan fingerprint density at radius 1 is 1.25 bits per heavy atom. The van der Waals surface area contributed by atoms with Gasteiger partial charge in [0.05, 0.1) is 16.1 Å². The number of hydrogen-bond donors (Lipinski definition) is 1. The zero-order valence-electron chi connectivity index (χ0n) is 13.6. The van der Waals surface area contributed by atoms with Gasteiger partial charge in [0.15, 0.2) is 0 Å². The fourth-order valence-corrected chi connectivity index (χ4v) is 5.02. The molecule has 2 aliphatic heterocycles. The molecule has 0 aliphatic carbocycles. The van der Waals surface area contributed by atoms with Gasteiger partial charge in [0, 0.05) is 47.3 Å². The predicted octanol–water partition coefficient (Wildman–Crippen LogP) is 3.88. The molecular weight excluding hydrogens is 342 g/mol. The fourth-order valence-electron chi connectivity index (χ4n) is 3.86. The van der Waals surface area contributed by atoms with Crippen LogP contribution in [0.1, 0.15) is 24.1 Å². The number of carbonyl (C=O) groups is 1. The smallest absolute Gasteiger partial charge is 0.226 e. The normalized spacial score (nSPS) is 19.8. The SMILES string of the molecule is Cc1ccc(-c2cncc(Cl)c2N2CCC3(CCNC3=O)CC2)s1. The van der Waals surface area contributed by atoms with E-state index in [-0.39, 0.29) is 11.3 Å². The predicted molar refractivity (Wildman–Crippen MR) is 98.8 cm³/mol. The zero-order valence-corrected chi connectivity index (χ0v) is 15.2. The molecule has 0 aromatic carbocycles. The van der Waals surface area contributed by atoms with Crippen LogP contribution in [0.25, 0.3) is 10.4 Å². The second-order valence-electron chi connectivity index (χ2n) is 6.70. The van der Waals surface area contributed by atoms with Gasteiger partial charge in [0.25, 0.3) is 0 Å². The summed E-state index contributed by atoms with van der Waals surface area (Å²) < 4.78 is 0. The van der Waals surface area contributed by atoms with Crippen LogP contribution in [0, 0.1) is 12.3 Å². The number of pyridine rings is 1. The Labute approximate surface area is 150 Å². The van der Waals surface area contributed by atoms with Gasteiger partial charge in [-0.1, -0.05) is 11.6 Å². The molecule has 4 heterocycles. The summed E-state index contributed by atoms with van der Waals surface area (Å²) in [6.45, 7) is 4.63. The second-order valence-corrected chi connectivity index (χ2v) is 8.40. The minimum atomic E-state index is -0.157. The van der Waals surface area contributed by atoms with Crippen molar-refractivity contribution in [3.63, 3.8) is 0 Å². The van der Waals surface area contributed by atoms with E-state index in [2.05, 4.69) is 34.3 Å². The molecule has 0 saturated carbocycles. The second kappa shape index (κ2) is 6.05. The van der Waals surface area contributed by atoms with E-state index in [4.69, 9.17) is 11.6 Å². The molecule has 2 aromatic rings. The summed E-state index contributed by atoms with van der Waals surface area (Å²) in [5.41, 5.74) is 1.99. The Balaban J connectivity index is 1.64. The van der Waals surface area contributed by atoms with Crippen LogP contribution >= 0.6 is 22.9 Å². The summed E-state index contributed by atoms with van der Waals surface area (Å²) in [5, 5.41) is 3.68. The van der Waals surface area contributed by atoms with Crippen LogP contribution in [0.15, 0.2) is 24.5 Å². The van der Waals surface area contributed by atoms with E-state index in [0.717, 1.165) is 50.1 Å². The zero-order chi connectivity index (χ0) is 16.7. The highest BCUT2D eigenvalue weighted by Gasteiger charge is 2.44. The number of nitrogens with zero attached hydrogens (tertiary/aromatic N) is 2. The molecule has 2 fully saturated rings. The first-order chi connectivity index (χ1) is 11.6. The van der Waals surface area contributed by atoms with Gasteiger partial charge in [-0.15, -0.1) is 11.3 Å². The number of hydrogen-bond acceptors (Lipinski definition) is 4. The first-order valence-corrected chi connectivity index (χ1v) is 9.52. The largest absolute Gasteiger partial charge is 0.370 e. The van der Waals surface area contributed by atoms with Crippen molar-refractivity contribution >= 4 is 34.5 Å². The number of aromatic nitrogens is 1. The van der Waals surface area contributed by atoms with Gasteiger partial charge in [-0.05, 0) is 38.3 Å². The Bertz CT molecular complexity index is 780. The van der Waals surface area contributed by atoms with Crippen LogP contribution in [-0.2, 0) is 4.79 Å². The van der Waals surface area contributed by atoms with E-state index in [0.29, 0.717) is 5.02 Å². The molecule has 1 amide bonds. The van der Waals surface area contributed by atoms with Crippen molar-refractivity contribution in [2.45, 2.75) is 26.2 Å². The maximum atomic E-state index is 12.2. The summed E-state index contributed by atoms with van der Waals surface area (Å²) >= 11 is 8.28. The van der Waals surface area contributed by atoms with Crippen LogP contribution in [-0.4, -0.2) is 30.5 Å². The number of carbonyl (C=O) groups excluding carboxylic acids is 1. The number of amides is 1. The van der Waals surface area contributed by atoms with E-state index in [9.17, 15) is 4.79 Å². The summed E-state index contributed by atoms with van der Waals surface area (Å²) in [6, 6.07) is 4.26. The van der Waals surface area contributed by atoms with Crippen molar-refractivity contribution in [1.29, 1.82) is 0 Å². The highest BCUT2D eigenvalue weighted by Crippen LogP contribution is 2.44. The number of rotatable bonds is 2. The lowest BCUT2D eigenvalue weighted by atomic mass is 9.77. The third-order valence-electron chi connectivity index (χ3n) is 5.29. The lowest BCUT2D eigenvalue weighted by Crippen LogP contribution is -2.44. The van der Waals surface area contributed by atoms with Gasteiger partial charge < -0.3 is 10.2 Å². The molecule has 1 N–H and O–H groups in total. The van der Waals surface area contributed by atoms with Crippen LogP contribution in [0.5, 0.6) is 0 Å². The molecule has 2 aliphatic rings. The van der Waals surface area contributed by atoms with Gasteiger partial charge in [0.1, 0.15) is 0 Å². The Hall–Kier alpha value is -1.59. The highest BCUT2D eigenvalue weighted by atomic mass is 35.5. The molecular formula is C18H20ClN3OS. The lowest BCUT2D eigenvalue weighted by molar-refractivity contribution is -0.128. The average Bonchev–Trinajstić information content (AvgIpc) is 3.16. The Kier molecular flexibility index (Phi) is 4.01. The molecule has 4 rings (SSSR count). The van der Waals surface area contributed by atoms with Crippen LogP contribution < -0.4 is 10.2 Å². The van der Waals surface area contributed by atoms with Crippen LogP contribution in [0.2, 0.25) is 5.02 Å². The van der Waals surface area contributed by atoms with E-state index in [1.54, 1.807) is 17.5 Å². The van der Waals surface area contributed by atoms with Crippen molar-refractivity contribution in [1.82, 2.24) is 10.3 Å². The quantitative estimate of drug-likeness (QED) is 0.882. The molecule has 0 bridgehead atoms. The van der Waals surface area contributed by atoms with Crippen molar-refractivity contribution in [3.8, 4) is 10.4 Å². The van der Waals surface area contributed by atoms with Crippen molar-refractivity contribution in [2.75, 3.05) is 24.5 Å². The minimum Gasteiger partial charge on any atom is -0.370 e. The highest BCUT2D eigenvalue weighted by molar-refractivity contribution is 7.15. The molecule has 0 atom stereocenters. The van der Waals surface area contributed by atoms with Gasteiger partial charge in [-0.25, -0.2) is 0 Å². The molecule has 2 aromatic heterocycles. The number of halogens is 1. The third-order valence-corrected chi connectivity index (χ3v) is 6.60. The summed E-state index contributed by atoms with van der Waals surface area (Å²) in [7, 11) is 0. The van der Waals surface area contributed by atoms with Gasteiger partial charge in [0.2, 0.25) is 5.91 Å². The molecule has 1 spiro atoms. The maximum Gasteiger partial charge on any atom is 0.226 e. The van der Waals surface area contributed by atoms with Gasteiger partial charge >= 0.3 is 0 Å².